The Morgan fingerprint density at radius 2 is 2.29 bits per heavy atom. The van der Waals surface area contributed by atoms with Gasteiger partial charge in [0, 0.05) is 31.7 Å². The van der Waals surface area contributed by atoms with Gasteiger partial charge in [0.05, 0.1) is 11.1 Å². The monoisotopic (exact) mass is 362 g/mol. The van der Waals surface area contributed by atoms with Crippen molar-refractivity contribution < 1.29 is 18.3 Å². The highest BCUT2D eigenvalue weighted by atomic mass is 79.9. The van der Waals surface area contributed by atoms with E-state index in [4.69, 9.17) is 4.74 Å². The van der Waals surface area contributed by atoms with Crippen LogP contribution in [-0.4, -0.2) is 43.2 Å². The molecule has 0 saturated carbocycles. The van der Waals surface area contributed by atoms with Crippen molar-refractivity contribution in [3.05, 3.63) is 33.8 Å². The first-order valence-corrected chi connectivity index (χ1v) is 7.57. The molecule has 1 atom stereocenters. The zero-order valence-corrected chi connectivity index (χ0v) is 13.3. The minimum Gasteiger partial charge on any atom is -0.465 e. The molecule has 1 fully saturated rings. The SMILES string of the molecule is CCOC(=O)C1CNCCN1Cc1c(F)ccc(Br)c1F. The molecule has 0 aromatic heterocycles. The van der Waals surface area contributed by atoms with Crippen molar-refractivity contribution in [2.24, 2.45) is 0 Å². The number of nitrogens with one attached hydrogen (secondary N) is 1. The molecule has 7 heteroatoms. The van der Waals surface area contributed by atoms with E-state index >= 15 is 0 Å². The van der Waals surface area contributed by atoms with Gasteiger partial charge in [-0.25, -0.2) is 8.78 Å². The molecule has 1 N–H and O–H groups in total. The molecule has 0 radical (unpaired) electrons. The van der Waals surface area contributed by atoms with Gasteiger partial charge >= 0.3 is 5.97 Å². The Labute approximate surface area is 130 Å². The molecule has 21 heavy (non-hydrogen) atoms. The fourth-order valence-corrected chi connectivity index (χ4v) is 2.70. The second kappa shape index (κ2) is 7.29. The molecule has 116 valence electrons. The number of halogens is 3. The Bertz CT molecular complexity index is 528. The number of carbonyl (C=O) groups is 1. The van der Waals surface area contributed by atoms with Gasteiger partial charge in [0.1, 0.15) is 17.7 Å². The first-order chi connectivity index (χ1) is 10.0. The van der Waals surface area contributed by atoms with E-state index in [1.165, 1.54) is 12.1 Å². The van der Waals surface area contributed by atoms with Gasteiger partial charge in [0.2, 0.25) is 0 Å². The number of piperazine rings is 1. The molecular formula is C14H17BrF2N2O2. The maximum absolute atomic E-state index is 14.0. The smallest absolute Gasteiger partial charge is 0.324 e. The fourth-order valence-electron chi connectivity index (χ4n) is 2.32. The lowest BCUT2D eigenvalue weighted by Crippen LogP contribution is -2.55. The number of benzene rings is 1. The van der Waals surface area contributed by atoms with E-state index in [0.717, 1.165) is 0 Å². The summed E-state index contributed by atoms with van der Waals surface area (Å²) in [5.74, 6) is -1.62. The number of ether oxygens (including phenoxy) is 1. The number of hydrogen-bond acceptors (Lipinski definition) is 4. The molecule has 1 heterocycles. The molecule has 2 rings (SSSR count). The second-order valence-corrected chi connectivity index (χ2v) is 5.62. The fraction of sp³-hybridized carbons (Fsp3) is 0.500. The van der Waals surface area contributed by atoms with E-state index in [1.54, 1.807) is 11.8 Å². The van der Waals surface area contributed by atoms with Crippen LogP contribution < -0.4 is 5.32 Å². The predicted molar refractivity (Wildman–Crippen MR) is 77.8 cm³/mol. The van der Waals surface area contributed by atoms with Crippen LogP contribution in [-0.2, 0) is 16.1 Å². The Balaban J connectivity index is 2.20. The number of esters is 1. The molecule has 1 aromatic rings. The molecule has 0 amide bonds. The summed E-state index contributed by atoms with van der Waals surface area (Å²) in [7, 11) is 0. The number of nitrogens with zero attached hydrogens (tertiary/aromatic N) is 1. The van der Waals surface area contributed by atoms with Gasteiger partial charge < -0.3 is 10.1 Å². The maximum atomic E-state index is 14.0. The summed E-state index contributed by atoms with van der Waals surface area (Å²) in [4.78, 5) is 13.7. The summed E-state index contributed by atoms with van der Waals surface area (Å²) in [5.41, 5.74) is -0.0411. The third kappa shape index (κ3) is 3.78. The predicted octanol–water partition coefficient (Wildman–Crippen LogP) is 2.06. The largest absolute Gasteiger partial charge is 0.465 e. The average molecular weight is 363 g/mol. The lowest BCUT2D eigenvalue weighted by Gasteiger charge is -2.34. The summed E-state index contributed by atoms with van der Waals surface area (Å²) >= 11 is 3.05. The van der Waals surface area contributed by atoms with Crippen molar-refractivity contribution >= 4 is 21.9 Å². The van der Waals surface area contributed by atoms with Gasteiger partial charge in [0.15, 0.2) is 0 Å². The molecular weight excluding hydrogens is 346 g/mol. The van der Waals surface area contributed by atoms with Gasteiger partial charge in [-0.1, -0.05) is 0 Å². The van der Waals surface area contributed by atoms with Crippen molar-refractivity contribution in [3.8, 4) is 0 Å². The highest BCUT2D eigenvalue weighted by Crippen LogP contribution is 2.24. The van der Waals surface area contributed by atoms with Gasteiger partial charge in [-0.15, -0.1) is 0 Å². The molecule has 0 bridgehead atoms. The van der Waals surface area contributed by atoms with Crippen LogP contribution in [0.2, 0.25) is 0 Å². The van der Waals surface area contributed by atoms with Gasteiger partial charge in [-0.3, -0.25) is 9.69 Å². The molecule has 1 saturated heterocycles. The summed E-state index contributed by atoms with van der Waals surface area (Å²) in [5, 5.41) is 3.09. The van der Waals surface area contributed by atoms with Gasteiger partial charge in [-0.05, 0) is 35.0 Å². The van der Waals surface area contributed by atoms with Crippen molar-refractivity contribution in [3.63, 3.8) is 0 Å². The van der Waals surface area contributed by atoms with E-state index in [1.807, 2.05) is 0 Å². The second-order valence-electron chi connectivity index (χ2n) is 4.76. The molecule has 0 spiro atoms. The molecule has 1 aromatic carbocycles. The van der Waals surface area contributed by atoms with Crippen molar-refractivity contribution in [2.75, 3.05) is 26.2 Å². The van der Waals surface area contributed by atoms with Crippen molar-refractivity contribution in [2.45, 2.75) is 19.5 Å². The van der Waals surface area contributed by atoms with Crippen LogP contribution in [0.25, 0.3) is 0 Å². The van der Waals surface area contributed by atoms with Crippen molar-refractivity contribution in [1.82, 2.24) is 10.2 Å². The molecule has 1 aliphatic rings. The molecule has 1 aliphatic heterocycles. The van der Waals surface area contributed by atoms with E-state index in [0.29, 0.717) is 19.6 Å². The van der Waals surface area contributed by atoms with E-state index in [-0.39, 0.29) is 29.2 Å². The van der Waals surface area contributed by atoms with Crippen LogP contribution in [0.3, 0.4) is 0 Å². The van der Waals surface area contributed by atoms with Crippen LogP contribution in [0.4, 0.5) is 8.78 Å². The van der Waals surface area contributed by atoms with Crippen molar-refractivity contribution in [1.29, 1.82) is 0 Å². The standard InChI is InChI=1S/C14H17BrF2N2O2/c1-2-21-14(20)12-7-18-5-6-19(12)8-9-11(16)4-3-10(15)13(9)17/h3-4,12,18H,2,5-8H2,1H3. The number of rotatable bonds is 4. The Kier molecular flexibility index (Phi) is 5.66. The maximum Gasteiger partial charge on any atom is 0.324 e. The van der Waals surface area contributed by atoms with E-state index in [2.05, 4.69) is 21.2 Å². The highest BCUT2D eigenvalue weighted by Gasteiger charge is 2.31. The first-order valence-electron chi connectivity index (χ1n) is 6.78. The summed E-state index contributed by atoms with van der Waals surface area (Å²) in [6.07, 6.45) is 0. The summed E-state index contributed by atoms with van der Waals surface area (Å²) in [6.45, 7) is 3.63. The third-order valence-electron chi connectivity index (χ3n) is 3.41. The van der Waals surface area contributed by atoms with Crippen LogP contribution in [0.1, 0.15) is 12.5 Å². The van der Waals surface area contributed by atoms with Crippen LogP contribution in [0.5, 0.6) is 0 Å². The first kappa shape index (κ1) is 16.3. The normalized spacial score (nSPS) is 19.5. The number of carbonyl (C=O) groups excluding carboxylic acids is 1. The molecule has 1 unspecified atom stereocenters. The van der Waals surface area contributed by atoms with Crippen LogP contribution in [0.15, 0.2) is 16.6 Å². The quantitative estimate of drug-likeness (QED) is 0.657. The minimum absolute atomic E-state index is 0.0300. The van der Waals surface area contributed by atoms with E-state index in [9.17, 15) is 13.6 Å². The Hall–Kier alpha value is -1.05. The Morgan fingerprint density at radius 3 is 3.00 bits per heavy atom. The zero-order chi connectivity index (χ0) is 15.4. The highest BCUT2D eigenvalue weighted by molar-refractivity contribution is 9.10. The van der Waals surface area contributed by atoms with Crippen LogP contribution >= 0.6 is 15.9 Å². The zero-order valence-electron chi connectivity index (χ0n) is 11.7. The Morgan fingerprint density at radius 1 is 1.52 bits per heavy atom. The lowest BCUT2D eigenvalue weighted by molar-refractivity contribution is -0.150. The lowest BCUT2D eigenvalue weighted by atomic mass is 10.1. The summed E-state index contributed by atoms with van der Waals surface area (Å²) in [6, 6.07) is 2.01. The van der Waals surface area contributed by atoms with Gasteiger partial charge in [0.25, 0.3) is 0 Å². The topological polar surface area (TPSA) is 41.6 Å². The van der Waals surface area contributed by atoms with Gasteiger partial charge in [-0.2, -0.15) is 0 Å². The summed E-state index contributed by atoms with van der Waals surface area (Å²) < 4.78 is 33.1. The molecule has 0 aliphatic carbocycles. The number of hydrogen-bond donors (Lipinski definition) is 1. The molecule has 4 nitrogen and oxygen atoms in total. The average Bonchev–Trinajstić information content (AvgIpc) is 2.48. The minimum atomic E-state index is -0.629. The van der Waals surface area contributed by atoms with E-state index < -0.39 is 17.7 Å². The third-order valence-corrected chi connectivity index (χ3v) is 4.03. The van der Waals surface area contributed by atoms with Crippen LogP contribution in [0, 0.1) is 11.6 Å².